The number of carbonyl (C=O) groups excluding carboxylic acids is 1. The number of nitrogens with one attached hydrogen (secondary N) is 2. The van der Waals surface area contributed by atoms with Crippen molar-refractivity contribution in [2.75, 3.05) is 35.0 Å². The molecule has 0 aliphatic carbocycles. The fraction of sp³-hybridized carbons (Fsp3) is 0.286. The van der Waals surface area contributed by atoms with Gasteiger partial charge >= 0.3 is 6.09 Å². The first kappa shape index (κ1) is 20.9. The number of amides is 1. The zero-order valence-electron chi connectivity index (χ0n) is 16.7. The average molecular weight is 463 g/mol. The first-order valence-corrected chi connectivity index (χ1v) is 9.74. The van der Waals surface area contributed by atoms with E-state index in [1.54, 1.807) is 21.3 Å². The van der Waals surface area contributed by atoms with Gasteiger partial charge in [0.15, 0.2) is 11.5 Å². The molecular weight excluding hydrogens is 440 g/mol. The molecule has 29 heavy (non-hydrogen) atoms. The van der Waals surface area contributed by atoms with E-state index in [0.29, 0.717) is 30.2 Å². The Balaban J connectivity index is 2.08. The van der Waals surface area contributed by atoms with E-state index < -0.39 is 6.09 Å². The summed E-state index contributed by atoms with van der Waals surface area (Å²) in [6, 6.07) is 7.88. The number of methoxy groups -OCH3 is 4. The Labute approximate surface area is 177 Å². The van der Waals surface area contributed by atoms with Gasteiger partial charge in [0, 0.05) is 33.7 Å². The van der Waals surface area contributed by atoms with E-state index in [4.69, 9.17) is 14.2 Å². The van der Waals surface area contributed by atoms with Gasteiger partial charge in [0.2, 0.25) is 5.75 Å². The maximum absolute atomic E-state index is 11.3. The van der Waals surface area contributed by atoms with Gasteiger partial charge in [-0.1, -0.05) is 15.9 Å². The Kier molecular flexibility index (Phi) is 6.53. The smallest absolute Gasteiger partial charge is 0.406 e. The van der Waals surface area contributed by atoms with E-state index in [9.17, 15) is 4.79 Å². The molecule has 0 fully saturated rings. The predicted molar refractivity (Wildman–Crippen MR) is 115 cm³/mol. The van der Waals surface area contributed by atoms with Gasteiger partial charge in [-0.3, -0.25) is 0 Å². The highest BCUT2D eigenvalue weighted by Crippen LogP contribution is 2.46. The van der Waals surface area contributed by atoms with Crippen LogP contribution in [0.1, 0.15) is 5.56 Å². The summed E-state index contributed by atoms with van der Waals surface area (Å²) in [6.45, 7) is 0.473. The molecule has 1 heterocycles. The maximum atomic E-state index is 11.3. The highest BCUT2D eigenvalue weighted by molar-refractivity contribution is 9.10. The van der Waals surface area contributed by atoms with Crippen LogP contribution in [0.2, 0.25) is 0 Å². The Morgan fingerprint density at radius 2 is 1.79 bits per heavy atom. The molecule has 2 N–H and O–H groups in total. The van der Waals surface area contributed by atoms with Gasteiger partial charge < -0.3 is 29.2 Å². The van der Waals surface area contributed by atoms with Gasteiger partial charge in [0.05, 0.1) is 34.0 Å². The van der Waals surface area contributed by atoms with Crippen LogP contribution >= 0.6 is 15.9 Å². The second-order valence-electron chi connectivity index (χ2n) is 6.24. The summed E-state index contributed by atoms with van der Waals surface area (Å²) in [4.78, 5) is 14.7. The van der Waals surface area contributed by atoms with Crippen molar-refractivity contribution in [2.45, 2.75) is 6.42 Å². The highest BCUT2D eigenvalue weighted by Gasteiger charge is 2.20. The number of benzene rings is 2. The van der Waals surface area contributed by atoms with E-state index in [1.165, 1.54) is 7.11 Å². The normalized spacial score (nSPS) is 10.7. The van der Waals surface area contributed by atoms with Crippen molar-refractivity contribution in [3.05, 3.63) is 40.5 Å². The lowest BCUT2D eigenvalue weighted by molar-refractivity contribution is 0.171. The van der Waals surface area contributed by atoms with Gasteiger partial charge in [-0.05, 0) is 36.2 Å². The number of halogens is 1. The van der Waals surface area contributed by atoms with Crippen molar-refractivity contribution < 1.29 is 23.7 Å². The van der Waals surface area contributed by atoms with Crippen LogP contribution in [0.5, 0.6) is 17.2 Å². The second-order valence-corrected chi connectivity index (χ2v) is 7.16. The lowest BCUT2D eigenvalue weighted by Gasteiger charge is -2.16. The van der Waals surface area contributed by atoms with Crippen LogP contribution in [0.25, 0.3) is 22.0 Å². The number of aromatic amines is 1. The first-order valence-electron chi connectivity index (χ1n) is 8.94. The summed E-state index contributed by atoms with van der Waals surface area (Å²) < 4.78 is 22.1. The molecule has 1 aromatic heterocycles. The molecule has 3 aromatic rings. The Hall–Kier alpha value is -2.87. The van der Waals surface area contributed by atoms with Crippen LogP contribution in [0, 0.1) is 0 Å². The molecule has 0 saturated heterocycles. The largest absolute Gasteiger partial charge is 0.493 e. The summed E-state index contributed by atoms with van der Waals surface area (Å²) in [5.74, 6) is 1.73. The van der Waals surface area contributed by atoms with Gasteiger partial charge in [-0.25, -0.2) is 4.79 Å². The Bertz CT molecular complexity index is 1030. The third-order valence-corrected chi connectivity index (χ3v) is 5.14. The van der Waals surface area contributed by atoms with E-state index in [-0.39, 0.29) is 0 Å². The van der Waals surface area contributed by atoms with E-state index in [2.05, 4.69) is 37.0 Å². The second kappa shape index (κ2) is 9.09. The monoisotopic (exact) mass is 462 g/mol. The topological polar surface area (TPSA) is 81.8 Å². The van der Waals surface area contributed by atoms with Crippen molar-refractivity contribution in [3.8, 4) is 28.4 Å². The van der Waals surface area contributed by atoms with Crippen LogP contribution in [0.3, 0.4) is 0 Å². The molecule has 154 valence electrons. The van der Waals surface area contributed by atoms with Crippen molar-refractivity contribution in [2.24, 2.45) is 0 Å². The molecule has 1 amide bonds. The summed E-state index contributed by atoms with van der Waals surface area (Å²) >= 11 is 3.61. The van der Waals surface area contributed by atoms with Gasteiger partial charge in [0.1, 0.15) is 0 Å². The van der Waals surface area contributed by atoms with Crippen LogP contribution in [0.15, 0.2) is 34.9 Å². The number of H-pyrrole nitrogens is 1. The SMILES string of the molecule is COC(=O)NCCc1c[nH]c2c(-c3ccc(OC)c(OC)c3OC)cc(Br)cc12. The Morgan fingerprint density at radius 1 is 1.03 bits per heavy atom. The van der Waals surface area contributed by atoms with E-state index in [1.807, 2.05) is 24.4 Å². The number of rotatable bonds is 7. The fourth-order valence-electron chi connectivity index (χ4n) is 3.36. The fourth-order valence-corrected chi connectivity index (χ4v) is 3.81. The van der Waals surface area contributed by atoms with Crippen LogP contribution in [-0.4, -0.2) is 46.1 Å². The number of fused-ring (bicyclic) bond motifs is 1. The summed E-state index contributed by atoms with van der Waals surface area (Å²) in [5.41, 5.74) is 3.88. The molecule has 2 aromatic carbocycles. The third kappa shape index (κ3) is 4.12. The molecule has 0 unspecified atom stereocenters. The van der Waals surface area contributed by atoms with Crippen molar-refractivity contribution in [3.63, 3.8) is 0 Å². The zero-order chi connectivity index (χ0) is 21.0. The number of hydrogen-bond acceptors (Lipinski definition) is 5. The molecule has 0 bridgehead atoms. The van der Waals surface area contributed by atoms with Gasteiger partial charge in [-0.15, -0.1) is 0 Å². The minimum absolute atomic E-state index is 0.443. The minimum Gasteiger partial charge on any atom is -0.493 e. The molecule has 0 atom stereocenters. The van der Waals surface area contributed by atoms with E-state index >= 15 is 0 Å². The van der Waals surface area contributed by atoms with Crippen LogP contribution in [-0.2, 0) is 11.2 Å². The maximum Gasteiger partial charge on any atom is 0.406 e. The number of alkyl carbamates (subject to hydrolysis) is 1. The minimum atomic E-state index is -0.443. The van der Waals surface area contributed by atoms with Crippen molar-refractivity contribution in [1.82, 2.24) is 10.3 Å². The van der Waals surface area contributed by atoms with E-state index in [0.717, 1.165) is 32.1 Å². The molecule has 8 heteroatoms. The zero-order valence-corrected chi connectivity index (χ0v) is 18.3. The van der Waals surface area contributed by atoms with Gasteiger partial charge in [0.25, 0.3) is 0 Å². The molecule has 0 spiro atoms. The lowest BCUT2D eigenvalue weighted by atomic mass is 9.99. The molecular formula is C21H23BrN2O5. The summed E-state index contributed by atoms with van der Waals surface area (Å²) in [5, 5.41) is 3.76. The number of ether oxygens (including phenoxy) is 4. The molecule has 0 aliphatic rings. The highest BCUT2D eigenvalue weighted by atomic mass is 79.9. The number of hydrogen-bond donors (Lipinski definition) is 2. The van der Waals surface area contributed by atoms with Crippen LogP contribution in [0.4, 0.5) is 4.79 Å². The summed E-state index contributed by atoms with van der Waals surface area (Å²) in [6.07, 6.45) is 2.17. The molecule has 0 saturated carbocycles. The van der Waals surface area contributed by atoms with Crippen molar-refractivity contribution >= 4 is 32.9 Å². The number of aromatic nitrogens is 1. The lowest BCUT2D eigenvalue weighted by Crippen LogP contribution is -2.25. The predicted octanol–water partition coefficient (Wildman–Crippen LogP) is 4.52. The quantitative estimate of drug-likeness (QED) is 0.539. The molecule has 0 aliphatic heterocycles. The standard InChI is InChI=1S/C21H23BrN2O5/c1-26-17-6-5-14(19(27-2)20(17)28-3)16-10-13(22)9-15-12(11-24-18(15)16)7-8-23-21(25)29-4/h5-6,9-11,24H,7-8H2,1-4H3,(H,23,25). The molecule has 3 rings (SSSR count). The Morgan fingerprint density at radius 3 is 2.45 bits per heavy atom. The third-order valence-electron chi connectivity index (χ3n) is 4.68. The average Bonchev–Trinajstić information content (AvgIpc) is 3.14. The summed E-state index contributed by atoms with van der Waals surface area (Å²) in [7, 11) is 6.13. The molecule has 0 radical (unpaired) electrons. The van der Waals surface area contributed by atoms with Crippen molar-refractivity contribution in [1.29, 1.82) is 0 Å². The van der Waals surface area contributed by atoms with Gasteiger partial charge in [-0.2, -0.15) is 0 Å². The van der Waals surface area contributed by atoms with Crippen LogP contribution < -0.4 is 19.5 Å². The number of carbonyl (C=O) groups is 1. The first-order chi connectivity index (χ1) is 14.0. The molecule has 7 nitrogen and oxygen atoms in total.